The molecule has 1 aliphatic heterocycles. The first-order valence-corrected chi connectivity index (χ1v) is 10.0. The van der Waals surface area contributed by atoms with Gasteiger partial charge in [-0.2, -0.15) is 5.10 Å². The molecule has 1 heterocycles. The standard InChI is InChI=1S/C20H16BrN3O4S/c1-27-18(25)10-17-19(26)23-20(29-17)24-22-11-14-7-8-15(21)16(9-14)28-12-13-5-3-2-4-6-13/h2-11H,12H2,1H3,(H,23,24,26)/b17-10+,22-11?. The molecule has 1 amide bonds. The summed E-state index contributed by atoms with van der Waals surface area (Å²) in [5.41, 5.74) is 1.84. The number of thioether (sulfide) groups is 1. The van der Waals surface area contributed by atoms with Crippen LogP contribution < -0.4 is 10.1 Å². The van der Waals surface area contributed by atoms with Gasteiger partial charge in [0.25, 0.3) is 5.91 Å². The van der Waals surface area contributed by atoms with Crippen molar-refractivity contribution in [2.24, 2.45) is 10.2 Å². The molecule has 0 spiro atoms. The Balaban J connectivity index is 1.65. The summed E-state index contributed by atoms with van der Waals surface area (Å²) in [4.78, 5) is 23.2. The highest BCUT2D eigenvalue weighted by atomic mass is 79.9. The first-order chi connectivity index (χ1) is 14.0. The molecule has 1 aliphatic rings. The first kappa shape index (κ1) is 20.8. The number of methoxy groups -OCH3 is 1. The van der Waals surface area contributed by atoms with Crippen LogP contribution in [0.5, 0.6) is 5.75 Å². The van der Waals surface area contributed by atoms with Crippen molar-refractivity contribution >= 4 is 51.0 Å². The fraction of sp³-hybridized carbons (Fsp3) is 0.100. The van der Waals surface area contributed by atoms with Crippen LogP contribution in [0.15, 0.2) is 74.2 Å². The molecule has 0 saturated carbocycles. The van der Waals surface area contributed by atoms with E-state index in [0.717, 1.165) is 33.4 Å². The fourth-order valence-electron chi connectivity index (χ4n) is 2.24. The Morgan fingerprint density at radius 1 is 1.24 bits per heavy atom. The predicted molar refractivity (Wildman–Crippen MR) is 116 cm³/mol. The van der Waals surface area contributed by atoms with Gasteiger partial charge in [0.15, 0.2) is 5.17 Å². The van der Waals surface area contributed by atoms with Gasteiger partial charge >= 0.3 is 5.97 Å². The number of hydrogen-bond donors (Lipinski definition) is 1. The lowest BCUT2D eigenvalue weighted by atomic mass is 10.2. The summed E-state index contributed by atoms with van der Waals surface area (Å²) in [5, 5.41) is 10.8. The second kappa shape index (κ2) is 10.0. The van der Waals surface area contributed by atoms with Gasteiger partial charge < -0.3 is 9.47 Å². The molecule has 3 rings (SSSR count). The lowest BCUT2D eigenvalue weighted by Gasteiger charge is -2.09. The molecule has 0 atom stereocenters. The number of hydrogen-bond acceptors (Lipinski definition) is 7. The van der Waals surface area contributed by atoms with Gasteiger partial charge in [-0.1, -0.05) is 36.4 Å². The van der Waals surface area contributed by atoms with Crippen molar-refractivity contribution in [3.05, 3.63) is 75.1 Å². The van der Waals surface area contributed by atoms with Crippen molar-refractivity contribution in [3.63, 3.8) is 0 Å². The van der Waals surface area contributed by atoms with Gasteiger partial charge in [-0.15, -0.1) is 5.10 Å². The van der Waals surface area contributed by atoms with Gasteiger partial charge in [0, 0.05) is 6.08 Å². The maximum absolute atomic E-state index is 11.8. The number of nitrogens with zero attached hydrogens (tertiary/aromatic N) is 2. The minimum absolute atomic E-state index is 0.200. The Morgan fingerprint density at radius 3 is 2.79 bits per heavy atom. The summed E-state index contributed by atoms with van der Waals surface area (Å²) in [6.45, 7) is 0.445. The number of halogens is 1. The average Bonchev–Trinajstić information content (AvgIpc) is 3.07. The maximum Gasteiger partial charge on any atom is 0.331 e. The molecule has 1 fully saturated rings. The lowest BCUT2D eigenvalue weighted by molar-refractivity contribution is -0.135. The summed E-state index contributed by atoms with van der Waals surface area (Å²) >= 11 is 4.49. The molecule has 1 saturated heterocycles. The second-order valence-electron chi connectivity index (χ2n) is 5.70. The van der Waals surface area contributed by atoms with Crippen molar-refractivity contribution < 1.29 is 19.1 Å². The number of carbonyl (C=O) groups is 2. The third-order valence-corrected chi connectivity index (χ3v) is 5.20. The van der Waals surface area contributed by atoms with E-state index in [1.807, 2.05) is 48.5 Å². The molecule has 0 radical (unpaired) electrons. The molecule has 0 unspecified atom stereocenters. The first-order valence-electron chi connectivity index (χ1n) is 8.41. The summed E-state index contributed by atoms with van der Waals surface area (Å²) in [6.07, 6.45) is 2.65. The summed E-state index contributed by atoms with van der Waals surface area (Å²) in [6, 6.07) is 15.4. The summed E-state index contributed by atoms with van der Waals surface area (Å²) in [7, 11) is 1.24. The number of esters is 1. The van der Waals surface area contributed by atoms with E-state index in [9.17, 15) is 9.59 Å². The Morgan fingerprint density at radius 2 is 2.03 bits per heavy atom. The van der Waals surface area contributed by atoms with Crippen molar-refractivity contribution in [2.75, 3.05) is 7.11 Å². The summed E-state index contributed by atoms with van der Waals surface area (Å²) in [5.74, 6) is -0.350. The number of amides is 1. The quantitative estimate of drug-likeness (QED) is 0.299. The largest absolute Gasteiger partial charge is 0.488 e. The van der Waals surface area contributed by atoms with Crippen molar-refractivity contribution in [3.8, 4) is 5.75 Å². The van der Waals surface area contributed by atoms with Crippen molar-refractivity contribution in [2.45, 2.75) is 6.61 Å². The predicted octanol–water partition coefficient (Wildman–Crippen LogP) is 3.64. The third-order valence-electron chi connectivity index (χ3n) is 3.65. The molecule has 0 bridgehead atoms. The third kappa shape index (κ3) is 6.03. The Bertz CT molecular complexity index is 1010. The molecule has 148 valence electrons. The zero-order valence-electron chi connectivity index (χ0n) is 15.3. The van der Waals surface area contributed by atoms with E-state index in [0.29, 0.717) is 12.4 Å². The van der Waals surface area contributed by atoms with Gasteiger partial charge in [0.2, 0.25) is 0 Å². The van der Waals surface area contributed by atoms with E-state index < -0.39 is 11.9 Å². The molecule has 1 N–H and O–H groups in total. The summed E-state index contributed by atoms with van der Waals surface area (Å²) < 4.78 is 11.2. The van der Waals surface area contributed by atoms with Gasteiger partial charge in [0.05, 0.1) is 22.7 Å². The van der Waals surface area contributed by atoms with E-state index in [1.54, 1.807) is 6.21 Å². The SMILES string of the molecule is COC(=O)/C=C1/S/C(=N\N=Cc2ccc(Br)c(OCc3ccccc3)c2)NC1=O. The number of ether oxygens (including phenoxy) is 2. The van der Waals surface area contributed by atoms with E-state index in [-0.39, 0.29) is 10.1 Å². The topological polar surface area (TPSA) is 89.3 Å². The van der Waals surface area contributed by atoms with Crippen LogP contribution in [0.2, 0.25) is 0 Å². The highest BCUT2D eigenvalue weighted by Crippen LogP contribution is 2.27. The minimum Gasteiger partial charge on any atom is -0.488 e. The minimum atomic E-state index is -0.606. The lowest BCUT2D eigenvalue weighted by Crippen LogP contribution is -2.19. The fourth-order valence-corrected chi connectivity index (χ4v) is 3.34. The van der Waals surface area contributed by atoms with Gasteiger partial charge in [-0.25, -0.2) is 4.79 Å². The molecule has 9 heteroatoms. The van der Waals surface area contributed by atoms with Crippen LogP contribution in [0.25, 0.3) is 0 Å². The van der Waals surface area contributed by atoms with Gasteiger partial charge in [0.1, 0.15) is 12.4 Å². The van der Waals surface area contributed by atoms with Crippen LogP contribution in [0.3, 0.4) is 0 Å². The van der Waals surface area contributed by atoms with Gasteiger partial charge in [-0.3, -0.25) is 10.1 Å². The Hall–Kier alpha value is -2.91. The van der Waals surface area contributed by atoms with Crippen LogP contribution in [0.1, 0.15) is 11.1 Å². The zero-order valence-corrected chi connectivity index (χ0v) is 17.7. The molecular formula is C20H16BrN3O4S. The second-order valence-corrected chi connectivity index (χ2v) is 7.59. The van der Waals surface area contributed by atoms with Gasteiger partial charge in [-0.05, 0) is 51.0 Å². The number of carbonyl (C=O) groups excluding carboxylic acids is 2. The monoisotopic (exact) mass is 473 g/mol. The molecule has 0 aliphatic carbocycles. The smallest absolute Gasteiger partial charge is 0.331 e. The average molecular weight is 474 g/mol. The molecule has 2 aromatic carbocycles. The molecule has 7 nitrogen and oxygen atoms in total. The highest BCUT2D eigenvalue weighted by Gasteiger charge is 2.24. The molecule has 2 aromatic rings. The Labute approximate surface area is 180 Å². The number of amidine groups is 1. The maximum atomic E-state index is 11.8. The zero-order chi connectivity index (χ0) is 20.6. The highest BCUT2D eigenvalue weighted by molar-refractivity contribution is 9.10. The van der Waals surface area contributed by atoms with Crippen LogP contribution in [-0.2, 0) is 20.9 Å². The number of rotatable bonds is 6. The number of nitrogens with one attached hydrogen (secondary N) is 1. The van der Waals surface area contributed by atoms with Crippen LogP contribution in [0.4, 0.5) is 0 Å². The number of benzene rings is 2. The molecular weight excluding hydrogens is 458 g/mol. The molecule has 0 aromatic heterocycles. The van der Waals surface area contributed by atoms with Crippen LogP contribution >= 0.6 is 27.7 Å². The van der Waals surface area contributed by atoms with Crippen LogP contribution in [-0.4, -0.2) is 30.4 Å². The van der Waals surface area contributed by atoms with E-state index >= 15 is 0 Å². The van der Waals surface area contributed by atoms with E-state index in [4.69, 9.17) is 4.74 Å². The molecule has 29 heavy (non-hydrogen) atoms. The van der Waals surface area contributed by atoms with Crippen molar-refractivity contribution in [1.29, 1.82) is 0 Å². The van der Waals surface area contributed by atoms with Crippen molar-refractivity contribution in [1.82, 2.24) is 5.32 Å². The Kier molecular flexibility index (Phi) is 7.20. The normalized spacial score (nSPS) is 16.4. The van der Waals surface area contributed by atoms with E-state index in [1.165, 1.54) is 7.11 Å². The van der Waals surface area contributed by atoms with Crippen LogP contribution in [0, 0.1) is 0 Å². The van der Waals surface area contributed by atoms with E-state index in [2.05, 4.69) is 36.2 Å².